The molecule has 1 aromatic rings. The molecule has 0 aliphatic carbocycles. The molecule has 0 fully saturated rings. The average molecular weight is 222 g/mol. The SMILES string of the molecule is O=[P+](O)Oc1ccccc1.[Zn]. The first-order valence-corrected chi connectivity index (χ1v) is 3.81. The molecule has 0 aromatic heterocycles. The van der Waals surface area contributed by atoms with Crippen molar-refractivity contribution in [1.29, 1.82) is 0 Å². The van der Waals surface area contributed by atoms with Crippen LogP contribution in [0.15, 0.2) is 30.3 Å². The van der Waals surface area contributed by atoms with Crippen molar-refractivity contribution in [2.75, 3.05) is 0 Å². The molecule has 0 heterocycles. The Labute approximate surface area is 78.1 Å². The van der Waals surface area contributed by atoms with Gasteiger partial charge >= 0.3 is 8.25 Å². The standard InChI is InChI=1S/C6H5O3P.Zn/c7-10(8)9-6-4-2-1-3-5-6;/h1-5H;/p+1. The molecule has 0 radical (unpaired) electrons. The summed E-state index contributed by atoms with van der Waals surface area (Å²) < 4.78 is 14.6. The van der Waals surface area contributed by atoms with Crippen molar-refractivity contribution in [3.05, 3.63) is 30.3 Å². The minimum atomic E-state index is -2.53. The predicted octanol–water partition coefficient (Wildman–Crippen LogP) is 1.71. The molecule has 54 valence electrons. The molecule has 0 bridgehead atoms. The summed E-state index contributed by atoms with van der Waals surface area (Å²) >= 11 is 0. The second kappa shape index (κ2) is 5.37. The van der Waals surface area contributed by atoms with Crippen molar-refractivity contribution in [3.8, 4) is 5.75 Å². The Kier molecular flexibility index (Phi) is 5.22. The fraction of sp³-hybridized carbons (Fsp3) is 0. The maximum atomic E-state index is 10.1. The number of benzene rings is 1. The van der Waals surface area contributed by atoms with Gasteiger partial charge in [-0.3, -0.25) is 0 Å². The van der Waals surface area contributed by atoms with Gasteiger partial charge in [-0.1, -0.05) is 18.2 Å². The number of hydrogen-bond acceptors (Lipinski definition) is 2. The topological polar surface area (TPSA) is 46.5 Å². The van der Waals surface area contributed by atoms with Gasteiger partial charge in [0.1, 0.15) is 0 Å². The zero-order chi connectivity index (χ0) is 7.40. The number of rotatable bonds is 2. The van der Waals surface area contributed by atoms with E-state index in [0.717, 1.165) is 0 Å². The molecule has 0 saturated heterocycles. The maximum Gasteiger partial charge on any atom is 0.747 e. The van der Waals surface area contributed by atoms with Crippen LogP contribution in [-0.2, 0) is 24.0 Å². The Morgan fingerprint density at radius 1 is 1.27 bits per heavy atom. The van der Waals surface area contributed by atoms with E-state index in [1.54, 1.807) is 30.3 Å². The van der Waals surface area contributed by atoms with Crippen LogP contribution in [0.1, 0.15) is 0 Å². The first-order chi connectivity index (χ1) is 4.79. The van der Waals surface area contributed by atoms with E-state index < -0.39 is 8.25 Å². The molecular weight excluding hydrogens is 216 g/mol. The van der Waals surface area contributed by atoms with Gasteiger partial charge in [0, 0.05) is 24.0 Å². The van der Waals surface area contributed by atoms with Crippen LogP contribution in [-0.4, -0.2) is 4.89 Å². The Bertz CT molecular complexity index is 227. The van der Waals surface area contributed by atoms with Gasteiger partial charge in [0.2, 0.25) is 0 Å². The van der Waals surface area contributed by atoms with Crippen molar-refractivity contribution in [3.63, 3.8) is 0 Å². The molecule has 0 spiro atoms. The zero-order valence-corrected chi connectivity index (χ0v) is 9.67. The molecule has 1 rings (SSSR count). The summed E-state index contributed by atoms with van der Waals surface area (Å²) in [6.45, 7) is 0. The quantitative estimate of drug-likeness (QED) is 0.612. The second-order valence-electron chi connectivity index (χ2n) is 1.64. The molecule has 5 heteroatoms. The summed E-state index contributed by atoms with van der Waals surface area (Å²) in [5.41, 5.74) is 0. The minimum absolute atomic E-state index is 0. The van der Waals surface area contributed by atoms with E-state index in [1.165, 1.54) is 0 Å². The van der Waals surface area contributed by atoms with Crippen LogP contribution in [0.25, 0.3) is 0 Å². The number of para-hydroxylation sites is 1. The second-order valence-corrected chi connectivity index (χ2v) is 2.30. The molecular formula is C6H6O3PZn+. The van der Waals surface area contributed by atoms with E-state index in [1.807, 2.05) is 0 Å². The normalized spacial score (nSPS) is 9.73. The van der Waals surface area contributed by atoms with E-state index in [0.29, 0.717) is 5.75 Å². The third kappa shape index (κ3) is 4.20. The molecule has 1 N–H and O–H groups in total. The van der Waals surface area contributed by atoms with Crippen LogP contribution >= 0.6 is 8.25 Å². The molecule has 0 aliphatic rings. The first kappa shape index (κ1) is 10.7. The molecule has 1 unspecified atom stereocenters. The molecule has 11 heavy (non-hydrogen) atoms. The fourth-order valence-corrected chi connectivity index (χ4v) is 0.874. The van der Waals surface area contributed by atoms with Crippen molar-refractivity contribution in [1.82, 2.24) is 0 Å². The van der Waals surface area contributed by atoms with Crippen molar-refractivity contribution in [2.24, 2.45) is 0 Å². The van der Waals surface area contributed by atoms with Crippen LogP contribution in [0.2, 0.25) is 0 Å². The third-order valence-electron chi connectivity index (χ3n) is 0.927. The average Bonchev–Trinajstić information content (AvgIpc) is 1.88. The van der Waals surface area contributed by atoms with Crippen LogP contribution in [0, 0.1) is 0 Å². The first-order valence-electron chi connectivity index (χ1n) is 2.68. The Hall–Kier alpha value is -0.297. The molecule has 0 saturated carbocycles. The van der Waals surface area contributed by atoms with Gasteiger partial charge in [-0.05, 0) is 12.1 Å². The fourth-order valence-electron chi connectivity index (χ4n) is 0.572. The van der Waals surface area contributed by atoms with E-state index in [9.17, 15) is 4.57 Å². The van der Waals surface area contributed by atoms with Gasteiger partial charge < -0.3 is 0 Å². The molecule has 0 aliphatic heterocycles. The van der Waals surface area contributed by atoms with Gasteiger partial charge in [-0.25, -0.2) is 4.52 Å². The van der Waals surface area contributed by atoms with Gasteiger partial charge in [-0.15, -0.1) is 4.89 Å². The van der Waals surface area contributed by atoms with E-state index in [2.05, 4.69) is 4.52 Å². The maximum absolute atomic E-state index is 10.1. The van der Waals surface area contributed by atoms with E-state index >= 15 is 0 Å². The largest absolute Gasteiger partial charge is 0.747 e. The molecule has 3 nitrogen and oxygen atoms in total. The van der Waals surface area contributed by atoms with Crippen LogP contribution < -0.4 is 4.52 Å². The monoisotopic (exact) mass is 221 g/mol. The summed E-state index contributed by atoms with van der Waals surface area (Å²) in [6, 6.07) is 8.49. The smallest absolute Gasteiger partial charge is 0.229 e. The van der Waals surface area contributed by atoms with E-state index in [-0.39, 0.29) is 19.5 Å². The van der Waals surface area contributed by atoms with Crippen molar-refractivity contribution < 1.29 is 33.5 Å². The third-order valence-corrected chi connectivity index (χ3v) is 1.29. The van der Waals surface area contributed by atoms with E-state index in [4.69, 9.17) is 4.89 Å². The zero-order valence-electron chi connectivity index (χ0n) is 5.80. The van der Waals surface area contributed by atoms with Crippen LogP contribution in [0.3, 0.4) is 0 Å². The Balaban J connectivity index is 0.000001000. The Morgan fingerprint density at radius 3 is 2.27 bits per heavy atom. The summed E-state index contributed by atoms with van der Waals surface area (Å²) in [6.07, 6.45) is 0. The van der Waals surface area contributed by atoms with Crippen molar-refractivity contribution >= 4 is 8.25 Å². The minimum Gasteiger partial charge on any atom is -0.229 e. The summed E-state index contributed by atoms with van der Waals surface area (Å²) in [5.74, 6) is 0.408. The van der Waals surface area contributed by atoms with Crippen molar-refractivity contribution in [2.45, 2.75) is 0 Å². The Morgan fingerprint density at radius 2 is 1.82 bits per heavy atom. The summed E-state index contributed by atoms with van der Waals surface area (Å²) in [4.78, 5) is 8.29. The van der Waals surface area contributed by atoms with Gasteiger partial charge in [0.25, 0.3) is 0 Å². The van der Waals surface area contributed by atoms with Crippen LogP contribution in [0.5, 0.6) is 5.75 Å². The van der Waals surface area contributed by atoms with Gasteiger partial charge in [0.15, 0.2) is 5.75 Å². The summed E-state index contributed by atoms with van der Waals surface area (Å²) in [7, 11) is -2.53. The molecule has 0 amide bonds. The number of hydrogen-bond donors (Lipinski definition) is 1. The summed E-state index contributed by atoms with van der Waals surface area (Å²) in [5, 5.41) is 0. The molecule has 1 atom stereocenters. The predicted molar refractivity (Wildman–Crippen MR) is 36.9 cm³/mol. The molecule has 1 aromatic carbocycles. The van der Waals surface area contributed by atoms with Crippen LogP contribution in [0.4, 0.5) is 0 Å². The van der Waals surface area contributed by atoms with Gasteiger partial charge in [-0.2, -0.15) is 0 Å². The van der Waals surface area contributed by atoms with Gasteiger partial charge in [0.05, 0.1) is 0 Å².